The number of benzene rings is 1. The molecule has 5 nitrogen and oxygen atoms in total. The van der Waals surface area contributed by atoms with Gasteiger partial charge in [-0.3, -0.25) is 0 Å². The first-order valence-corrected chi connectivity index (χ1v) is 8.79. The Balaban J connectivity index is 2.08. The Morgan fingerprint density at radius 2 is 2.14 bits per heavy atom. The van der Waals surface area contributed by atoms with E-state index in [9.17, 15) is 8.42 Å². The highest BCUT2D eigenvalue weighted by atomic mass is 32.2. The van der Waals surface area contributed by atoms with Crippen LogP contribution in [0.2, 0.25) is 0 Å². The molecule has 2 rings (SSSR count). The fourth-order valence-electron chi connectivity index (χ4n) is 2.11. The van der Waals surface area contributed by atoms with Crippen molar-refractivity contribution in [1.82, 2.24) is 5.32 Å². The van der Waals surface area contributed by atoms with Crippen LogP contribution in [0, 0.1) is 0 Å². The van der Waals surface area contributed by atoms with Gasteiger partial charge < -0.3 is 14.5 Å². The van der Waals surface area contributed by atoms with Gasteiger partial charge in [0.1, 0.15) is 5.76 Å². The minimum absolute atomic E-state index is 0.0610. The molecule has 1 aromatic heterocycles. The standard InChI is InChI=1S/C15H21NO4S/c1-4-21(17,18)9-8-16-11(2)14-10-12-6-5-7-13(19-3)15(12)20-14/h5-7,10-11,16H,4,8-9H2,1-3H3. The van der Waals surface area contributed by atoms with Gasteiger partial charge in [-0.15, -0.1) is 0 Å². The molecule has 1 N–H and O–H groups in total. The van der Waals surface area contributed by atoms with E-state index >= 15 is 0 Å². The normalized spacial score (nSPS) is 13.5. The monoisotopic (exact) mass is 311 g/mol. The van der Waals surface area contributed by atoms with Crippen molar-refractivity contribution in [2.75, 3.05) is 25.2 Å². The molecule has 1 atom stereocenters. The molecule has 1 heterocycles. The van der Waals surface area contributed by atoms with E-state index in [-0.39, 0.29) is 17.5 Å². The van der Waals surface area contributed by atoms with E-state index in [1.54, 1.807) is 14.0 Å². The number of hydrogen-bond donors (Lipinski definition) is 1. The van der Waals surface area contributed by atoms with Crippen LogP contribution in [0.3, 0.4) is 0 Å². The van der Waals surface area contributed by atoms with E-state index in [0.717, 1.165) is 11.1 Å². The third-order valence-corrected chi connectivity index (χ3v) is 5.18. The van der Waals surface area contributed by atoms with Gasteiger partial charge in [0, 0.05) is 17.7 Å². The maximum absolute atomic E-state index is 11.5. The molecule has 2 aromatic rings. The first-order valence-electron chi connectivity index (χ1n) is 6.97. The largest absolute Gasteiger partial charge is 0.493 e. The molecule has 0 radical (unpaired) electrons. The van der Waals surface area contributed by atoms with Gasteiger partial charge in [-0.2, -0.15) is 0 Å². The van der Waals surface area contributed by atoms with Crippen molar-refractivity contribution >= 4 is 20.8 Å². The van der Waals surface area contributed by atoms with Crippen LogP contribution >= 0.6 is 0 Å². The summed E-state index contributed by atoms with van der Waals surface area (Å²) in [6, 6.07) is 7.60. The molecule has 0 aliphatic heterocycles. The van der Waals surface area contributed by atoms with Crippen molar-refractivity contribution in [2.24, 2.45) is 0 Å². The average Bonchev–Trinajstić information content (AvgIpc) is 2.91. The maximum Gasteiger partial charge on any atom is 0.176 e. The lowest BCUT2D eigenvalue weighted by Gasteiger charge is -2.10. The summed E-state index contributed by atoms with van der Waals surface area (Å²) in [4.78, 5) is 0. The quantitative estimate of drug-likeness (QED) is 0.851. The number of para-hydroxylation sites is 1. The number of nitrogens with one attached hydrogen (secondary N) is 1. The van der Waals surface area contributed by atoms with Gasteiger partial charge >= 0.3 is 0 Å². The summed E-state index contributed by atoms with van der Waals surface area (Å²) < 4.78 is 34.0. The Morgan fingerprint density at radius 1 is 1.38 bits per heavy atom. The highest BCUT2D eigenvalue weighted by Gasteiger charge is 2.14. The van der Waals surface area contributed by atoms with Crippen molar-refractivity contribution < 1.29 is 17.6 Å². The minimum Gasteiger partial charge on any atom is -0.493 e. The van der Waals surface area contributed by atoms with Gasteiger partial charge in [0.2, 0.25) is 0 Å². The number of hydrogen-bond acceptors (Lipinski definition) is 5. The molecule has 0 bridgehead atoms. The average molecular weight is 311 g/mol. The van der Waals surface area contributed by atoms with E-state index < -0.39 is 9.84 Å². The summed E-state index contributed by atoms with van der Waals surface area (Å²) in [7, 11) is -1.34. The van der Waals surface area contributed by atoms with E-state index in [0.29, 0.717) is 17.9 Å². The number of ether oxygens (including phenoxy) is 1. The Labute approximate surface area is 125 Å². The van der Waals surface area contributed by atoms with Gasteiger partial charge in [0.15, 0.2) is 21.2 Å². The molecule has 0 saturated heterocycles. The Bertz CT molecular complexity index is 706. The zero-order valence-corrected chi connectivity index (χ0v) is 13.4. The summed E-state index contributed by atoms with van der Waals surface area (Å²) in [5.74, 6) is 1.77. The van der Waals surface area contributed by atoms with Crippen LogP contribution in [0.4, 0.5) is 0 Å². The van der Waals surface area contributed by atoms with Crippen LogP contribution in [0.5, 0.6) is 5.75 Å². The van der Waals surface area contributed by atoms with Gasteiger partial charge in [-0.05, 0) is 19.1 Å². The predicted octanol–water partition coefficient (Wildman–Crippen LogP) is 2.53. The van der Waals surface area contributed by atoms with Crippen LogP contribution < -0.4 is 10.1 Å². The van der Waals surface area contributed by atoms with Gasteiger partial charge in [-0.25, -0.2) is 8.42 Å². The van der Waals surface area contributed by atoms with Crippen molar-refractivity contribution in [1.29, 1.82) is 0 Å². The van der Waals surface area contributed by atoms with E-state index in [1.165, 1.54) is 0 Å². The zero-order chi connectivity index (χ0) is 15.5. The first kappa shape index (κ1) is 15.9. The lowest BCUT2D eigenvalue weighted by Crippen LogP contribution is -2.26. The van der Waals surface area contributed by atoms with Gasteiger partial charge in [-0.1, -0.05) is 19.1 Å². The molecule has 6 heteroatoms. The summed E-state index contributed by atoms with van der Waals surface area (Å²) in [6.45, 7) is 4.01. The van der Waals surface area contributed by atoms with E-state index in [2.05, 4.69) is 5.32 Å². The fourth-order valence-corrected chi connectivity index (χ4v) is 2.82. The lowest BCUT2D eigenvalue weighted by atomic mass is 10.2. The van der Waals surface area contributed by atoms with Crippen LogP contribution in [0.25, 0.3) is 11.0 Å². The van der Waals surface area contributed by atoms with Crippen LogP contribution in [-0.4, -0.2) is 33.6 Å². The molecule has 21 heavy (non-hydrogen) atoms. The maximum atomic E-state index is 11.5. The van der Waals surface area contributed by atoms with Crippen molar-refractivity contribution in [2.45, 2.75) is 19.9 Å². The molecule has 1 aromatic carbocycles. The third-order valence-electron chi connectivity index (χ3n) is 3.48. The minimum atomic E-state index is -2.95. The fraction of sp³-hybridized carbons (Fsp3) is 0.467. The number of sulfone groups is 1. The second-order valence-corrected chi connectivity index (χ2v) is 7.41. The van der Waals surface area contributed by atoms with Crippen LogP contribution in [0.1, 0.15) is 25.6 Å². The molecular formula is C15H21NO4S. The lowest BCUT2D eigenvalue weighted by molar-refractivity contribution is 0.401. The molecule has 0 spiro atoms. The molecule has 1 unspecified atom stereocenters. The molecule has 116 valence electrons. The molecule has 0 amide bonds. The van der Waals surface area contributed by atoms with Gasteiger partial charge in [0.25, 0.3) is 0 Å². The Hall–Kier alpha value is -1.53. The summed E-state index contributed by atoms with van der Waals surface area (Å²) in [5.41, 5.74) is 0.713. The summed E-state index contributed by atoms with van der Waals surface area (Å²) in [6.07, 6.45) is 0. The van der Waals surface area contributed by atoms with E-state index in [1.807, 2.05) is 31.2 Å². The second-order valence-electron chi connectivity index (χ2n) is 4.94. The van der Waals surface area contributed by atoms with E-state index in [4.69, 9.17) is 9.15 Å². The highest BCUT2D eigenvalue weighted by Crippen LogP contribution is 2.30. The SMILES string of the molecule is CCS(=O)(=O)CCNC(C)c1cc2cccc(OC)c2o1. The summed E-state index contributed by atoms with van der Waals surface area (Å²) in [5, 5.41) is 4.15. The molecule has 0 saturated carbocycles. The number of methoxy groups -OCH3 is 1. The Morgan fingerprint density at radius 3 is 2.81 bits per heavy atom. The summed E-state index contributed by atoms with van der Waals surface area (Å²) >= 11 is 0. The van der Waals surface area contributed by atoms with Crippen molar-refractivity contribution in [3.8, 4) is 5.75 Å². The predicted molar refractivity (Wildman–Crippen MR) is 83.5 cm³/mol. The number of fused-ring (bicyclic) bond motifs is 1. The van der Waals surface area contributed by atoms with Gasteiger partial charge in [0.05, 0.1) is 18.9 Å². The molecule has 0 fully saturated rings. The van der Waals surface area contributed by atoms with Crippen molar-refractivity contribution in [3.63, 3.8) is 0 Å². The van der Waals surface area contributed by atoms with Crippen LogP contribution in [0.15, 0.2) is 28.7 Å². The number of furan rings is 1. The zero-order valence-electron chi connectivity index (χ0n) is 12.5. The Kier molecular flexibility index (Phi) is 4.90. The first-order chi connectivity index (χ1) is 9.96. The number of rotatable bonds is 7. The van der Waals surface area contributed by atoms with Crippen LogP contribution in [-0.2, 0) is 9.84 Å². The topological polar surface area (TPSA) is 68.5 Å². The third kappa shape index (κ3) is 3.77. The molecule has 0 aliphatic carbocycles. The smallest absolute Gasteiger partial charge is 0.176 e. The molecular weight excluding hydrogens is 290 g/mol. The van der Waals surface area contributed by atoms with Crippen molar-refractivity contribution in [3.05, 3.63) is 30.0 Å². The molecule has 0 aliphatic rings. The second kappa shape index (κ2) is 6.49. The highest BCUT2D eigenvalue weighted by molar-refractivity contribution is 7.91.